The van der Waals surface area contributed by atoms with Crippen LogP contribution in [-0.2, 0) is 6.42 Å². The van der Waals surface area contributed by atoms with Crippen molar-refractivity contribution in [2.45, 2.75) is 51.9 Å². The minimum Gasteiger partial charge on any atom is -0.330 e. The third kappa shape index (κ3) is 6.48. The number of hydrogen-bond acceptors (Lipinski definition) is 1. The normalized spacial score (nSPS) is 12.6. The molecule has 0 fully saturated rings. The van der Waals surface area contributed by atoms with Crippen LogP contribution in [-0.4, -0.2) is 6.54 Å². The SMILES string of the molecule is CCCCCCCC(CN)Cc1ccccc1. The van der Waals surface area contributed by atoms with Gasteiger partial charge in [0, 0.05) is 0 Å². The van der Waals surface area contributed by atoms with Gasteiger partial charge in [-0.3, -0.25) is 0 Å². The predicted molar refractivity (Wildman–Crippen MR) is 76.1 cm³/mol. The molecule has 1 aromatic carbocycles. The zero-order valence-electron chi connectivity index (χ0n) is 11.2. The Labute approximate surface area is 106 Å². The van der Waals surface area contributed by atoms with Crippen LogP contribution in [0.1, 0.15) is 51.0 Å². The maximum atomic E-state index is 5.86. The van der Waals surface area contributed by atoms with Crippen LogP contribution in [0.5, 0.6) is 0 Å². The molecular weight excluding hydrogens is 206 g/mol. The van der Waals surface area contributed by atoms with E-state index in [-0.39, 0.29) is 0 Å². The number of hydrogen-bond donors (Lipinski definition) is 1. The van der Waals surface area contributed by atoms with Crippen molar-refractivity contribution in [3.8, 4) is 0 Å². The van der Waals surface area contributed by atoms with E-state index in [9.17, 15) is 0 Å². The highest BCUT2D eigenvalue weighted by molar-refractivity contribution is 5.15. The smallest absolute Gasteiger partial charge is 0.00457 e. The van der Waals surface area contributed by atoms with Gasteiger partial charge in [-0.05, 0) is 30.9 Å². The maximum absolute atomic E-state index is 5.86. The van der Waals surface area contributed by atoms with Gasteiger partial charge in [-0.1, -0.05) is 69.4 Å². The summed E-state index contributed by atoms with van der Waals surface area (Å²) < 4.78 is 0. The summed E-state index contributed by atoms with van der Waals surface area (Å²) in [4.78, 5) is 0. The summed E-state index contributed by atoms with van der Waals surface area (Å²) in [6, 6.07) is 10.7. The molecule has 96 valence electrons. The molecule has 0 bridgehead atoms. The number of rotatable bonds is 9. The molecule has 1 aromatic rings. The largest absolute Gasteiger partial charge is 0.330 e. The molecule has 0 radical (unpaired) electrons. The Hall–Kier alpha value is -0.820. The molecule has 2 N–H and O–H groups in total. The third-order valence-corrected chi connectivity index (χ3v) is 3.42. The molecule has 1 rings (SSSR count). The molecule has 1 nitrogen and oxygen atoms in total. The van der Waals surface area contributed by atoms with Gasteiger partial charge in [0.1, 0.15) is 0 Å². The van der Waals surface area contributed by atoms with Crippen LogP contribution in [0.25, 0.3) is 0 Å². The molecule has 17 heavy (non-hydrogen) atoms. The Bertz CT molecular complexity index is 268. The van der Waals surface area contributed by atoms with E-state index in [4.69, 9.17) is 5.73 Å². The first-order valence-corrected chi connectivity index (χ1v) is 7.10. The lowest BCUT2D eigenvalue weighted by Gasteiger charge is -2.14. The summed E-state index contributed by atoms with van der Waals surface area (Å²) in [5, 5.41) is 0. The zero-order valence-corrected chi connectivity index (χ0v) is 11.2. The van der Waals surface area contributed by atoms with Crippen molar-refractivity contribution in [2.75, 3.05) is 6.54 Å². The van der Waals surface area contributed by atoms with Crippen LogP contribution in [0.3, 0.4) is 0 Å². The van der Waals surface area contributed by atoms with Gasteiger partial charge in [-0.25, -0.2) is 0 Å². The Morgan fingerprint density at radius 3 is 2.35 bits per heavy atom. The summed E-state index contributed by atoms with van der Waals surface area (Å²) in [6.45, 7) is 3.08. The van der Waals surface area contributed by atoms with E-state index in [1.807, 2.05) is 0 Å². The van der Waals surface area contributed by atoms with Crippen molar-refractivity contribution in [1.82, 2.24) is 0 Å². The second-order valence-electron chi connectivity index (χ2n) is 4.99. The molecule has 1 heteroatoms. The van der Waals surface area contributed by atoms with E-state index in [2.05, 4.69) is 37.3 Å². The first kappa shape index (κ1) is 14.2. The van der Waals surface area contributed by atoms with Crippen LogP contribution in [0, 0.1) is 5.92 Å². The summed E-state index contributed by atoms with van der Waals surface area (Å²) in [6.07, 6.45) is 9.24. The number of nitrogens with two attached hydrogens (primary N) is 1. The molecule has 0 spiro atoms. The summed E-state index contributed by atoms with van der Waals surface area (Å²) in [5.41, 5.74) is 7.29. The average Bonchev–Trinajstić information content (AvgIpc) is 2.38. The van der Waals surface area contributed by atoms with E-state index in [1.165, 1.54) is 44.1 Å². The quantitative estimate of drug-likeness (QED) is 0.637. The lowest BCUT2D eigenvalue weighted by atomic mass is 9.93. The first-order chi connectivity index (χ1) is 8.36. The Morgan fingerprint density at radius 2 is 1.71 bits per heavy atom. The van der Waals surface area contributed by atoms with Gasteiger partial charge in [-0.15, -0.1) is 0 Å². The number of unbranched alkanes of at least 4 members (excludes halogenated alkanes) is 4. The van der Waals surface area contributed by atoms with Gasteiger partial charge in [0.05, 0.1) is 0 Å². The molecule has 0 aliphatic rings. The molecule has 0 saturated heterocycles. The molecule has 0 aromatic heterocycles. The molecule has 0 saturated carbocycles. The lowest BCUT2D eigenvalue weighted by Crippen LogP contribution is -2.16. The molecular formula is C16H27N. The fourth-order valence-corrected chi connectivity index (χ4v) is 2.29. The monoisotopic (exact) mass is 233 g/mol. The molecule has 0 amide bonds. The molecule has 1 atom stereocenters. The summed E-state index contributed by atoms with van der Waals surface area (Å²) >= 11 is 0. The average molecular weight is 233 g/mol. The van der Waals surface area contributed by atoms with Gasteiger partial charge in [0.15, 0.2) is 0 Å². The van der Waals surface area contributed by atoms with Crippen molar-refractivity contribution in [3.05, 3.63) is 35.9 Å². The van der Waals surface area contributed by atoms with Gasteiger partial charge >= 0.3 is 0 Å². The van der Waals surface area contributed by atoms with Crippen molar-refractivity contribution < 1.29 is 0 Å². The van der Waals surface area contributed by atoms with Crippen LogP contribution in [0.4, 0.5) is 0 Å². The van der Waals surface area contributed by atoms with Crippen molar-refractivity contribution >= 4 is 0 Å². The van der Waals surface area contributed by atoms with E-state index in [0.717, 1.165) is 13.0 Å². The van der Waals surface area contributed by atoms with E-state index in [0.29, 0.717) is 5.92 Å². The topological polar surface area (TPSA) is 26.0 Å². The Morgan fingerprint density at radius 1 is 1.00 bits per heavy atom. The van der Waals surface area contributed by atoms with Gasteiger partial charge in [-0.2, -0.15) is 0 Å². The minimum atomic E-state index is 0.666. The Balaban J connectivity index is 2.20. The highest BCUT2D eigenvalue weighted by atomic mass is 14.5. The van der Waals surface area contributed by atoms with Gasteiger partial charge in [0.2, 0.25) is 0 Å². The molecule has 0 heterocycles. The number of benzene rings is 1. The molecule has 1 unspecified atom stereocenters. The van der Waals surface area contributed by atoms with Crippen molar-refractivity contribution in [1.29, 1.82) is 0 Å². The maximum Gasteiger partial charge on any atom is -0.00457 e. The van der Waals surface area contributed by atoms with Crippen LogP contribution >= 0.6 is 0 Å². The Kier molecular flexibility index (Phi) is 7.74. The van der Waals surface area contributed by atoms with E-state index in [1.54, 1.807) is 0 Å². The van der Waals surface area contributed by atoms with Crippen molar-refractivity contribution in [2.24, 2.45) is 11.7 Å². The van der Waals surface area contributed by atoms with Gasteiger partial charge < -0.3 is 5.73 Å². The summed E-state index contributed by atoms with van der Waals surface area (Å²) in [5.74, 6) is 0.666. The van der Waals surface area contributed by atoms with Crippen LogP contribution < -0.4 is 5.73 Å². The van der Waals surface area contributed by atoms with E-state index >= 15 is 0 Å². The molecule has 0 aliphatic carbocycles. The fourth-order valence-electron chi connectivity index (χ4n) is 2.29. The summed E-state index contributed by atoms with van der Waals surface area (Å²) in [7, 11) is 0. The standard InChI is InChI=1S/C16H27N/c1-2-3-4-5-7-12-16(14-17)13-15-10-8-6-9-11-15/h6,8-11,16H,2-5,7,12-14,17H2,1H3. The minimum absolute atomic E-state index is 0.666. The van der Waals surface area contributed by atoms with Gasteiger partial charge in [0.25, 0.3) is 0 Å². The third-order valence-electron chi connectivity index (χ3n) is 3.42. The molecule has 0 aliphatic heterocycles. The fraction of sp³-hybridized carbons (Fsp3) is 0.625. The second kappa shape index (κ2) is 9.23. The zero-order chi connectivity index (χ0) is 12.3. The van der Waals surface area contributed by atoms with Crippen LogP contribution in [0.2, 0.25) is 0 Å². The van der Waals surface area contributed by atoms with E-state index < -0.39 is 0 Å². The highest BCUT2D eigenvalue weighted by Gasteiger charge is 2.07. The second-order valence-corrected chi connectivity index (χ2v) is 4.99. The predicted octanol–water partition coefficient (Wildman–Crippen LogP) is 4.16. The lowest BCUT2D eigenvalue weighted by molar-refractivity contribution is 0.458. The first-order valence-electron chi connectivity index (χ1n) is 7.10. The van der Waals surface area contributed by atoms with Crippen molar-refractivity contribution in [3.63, 3.8) is 0 Å². The highest BCUT2D eigenvalue weighted by Crippen LogP contribution is 2.15. The van der Waals surface area contributed by atoms with Crippen LogP contribution in [0.15, 0.2) is 30.3 Å².